The Labute approximate surface area is 638 Å². The van der Waals surface area contributed by atoms with E-state index in [4.69, 9.17) is 37.0 Å². The Morgan fingerprint density at radius 2 is 0.462 bits per heavy atom. The molecule has 0 aromatic carbocycles. The number of hydrogen-bond acceptors (Lipinski definition) is 15. The van der Waals surface area contributed by atoms with Gasteiger partial charge in [0.2, 0.25) is 0 Å². The summed E-state index contributed by atoms with van der Waals surface area (Å²) in [5.74, 6) is 1.07. The van der Waals surface area contributed by atoms with Crippen molar-refractivity contribution in [2.45, 2.75) is 459 Å². The maximum atomic E-state index is 13.1. The molecule has 0 aliphatic heterocycles. The van der Waals surface area contributed by atoms with Crippen LogP contribution in [0.2, 0.25) is 0 Å². The number of ether oxygens (including phenoxy) is 4. The zero-order valence-electron chi connectivity index (χ0n) is 68.7. The van der Waals surface area contributed by atoms with Crippen molar-refractivity contribution in [3.05, 3.63) is 0 Å². The van der Waals surface area contributed by atoms with Crippen LogP contribution in [0.1, 0.15) is 441 Å². The summed E-state index contributed by atoms with van der Waals surface area (Å²) < 4.78 is 68.8. The predicted molar refractivity (Wildman–Crippen MR) is 428 cm³/mol. The van der Waals surface area contributed by atoms with E-state index in [0.717, 1.165) is 114 Å². The van der Waals surface area contributed by atoms with E-state index in [1.807, 2.05) is 0 Å². The summed E-state index contributed by atoms with van der Waals surface area (Å²) >= 11 is 0. The van der Waals surface area contributed by atoms with Crippen LogP contribution in [0.3, 0.4) is 0 Å². The third-order valence-electron chi connectivity index (χ3n) is 20.5. The topological polar surface area (TPSA) is 237 Å². The van der Waals surface area contributed by atoms with Crippen molar-refractivity contribution in [3.63, 3.8) is 0 Å². The van der Waals surface area contributed by atoms with Crippen LogP contribution in [-0.4, -0.2) is 96.7 Å². The first-order valence-corrected chi connectivity index (χ1v) is 46.8. The zero-order valence-corrected chi connectivity index (χ0v) is 70.5. The average molecular weight is 1520 g/mol. The molecule has 5 unspecified atom stereocenters. The second kappa shape index (κ2) is 73.8. The number of carbonyl (C=O) groups is 4. The lowest BCUT2D eigenvalue weighted by Crippen LogP contribution is -2.30. The fourth-order valence-corrected chi connectivity index (χ4v) is 14.7. The van der Waals surface area contributed by atoms with Gasteiger partial charge in [-0.2, -0.15) is 0 Å². The Bertz CT molecular complexity index is 2030. The molecular weight excluding hydrogens is 1350 g/mol. The summed E-state index contributed by atoms with van der Waals surface area (Å²) in [6, 6.07) is 0. The summed E-state index contributed by atoms with van der Waals surface area (Å²) in [7, 11) is -9.93. The number of rotatable bonds is 82. The first-order chi connectivity index (χ1) is 50.2. The number of hydrogen-bond donors (Lipinski definition) is 3. The average Bonchev–Trinajstić information content (AvgIpc) is 0.903. The third kappa shape index (κ3) is 75.5. The van der Waals surface area contributed by atoms with E-state index >= 15 is 0 Å². The highest BCUT2D eigenvalue weighted by molar-refractivity contribution is 7.47. The van der Waals surface area contributed by atoms with E-state index in [0.29, 0.717) is 31.6 Å². The molecule has 0 fully saturated rings. The lowest BCUT2D eigenvalue weighted by molar-refractivity contribution is -0.161. The van der Waals surface area contributed by atoms with Crippen LogP contribution in [0.5, 0.6) is 0 Å². The number of phosphoric acid groups is 2. The van der Waals surface area contributed by atoms with Gasteiger partial charge in [-0.1, -0.05) is 389 Å². The van der Waals surface area contributed by atoms with Gasteiger partial charge in [-0.3, -0.25) is 37.3 Å². The van der Waals surface area contributed by atoms with Crippen LogP contribution in [0.25, 0.3) is 0 Å². The maximum Gasteiger partial charge on any atom is 0.472 e. The van der Waals surface area contributed by atoms with Crippen LogP contribution in [0.4, 0.5) is 0 Å². The van der Waals surface area contributed by atoms with E-state index in [1.165, 1.54) is 238 Å². The van der Waals surface area contributed by atoms with Gasteiger partial charge in [-0.25, -0.2) is 9.13 Å². The van der Waals surface area contributed by atoms with Gasteiger partial charge in [-0.05, 0) is 49.4 Å². The number of aliphatic hydroxyl groups excluding tert-OH is 1. The van der Waals surface area contributed by atoms with Crippen molar-refractivity contribution >= 4 is 39.5 Å². The summed E-state index contributed by atoms with van der Waals surface area (Å²) in [6.07, 6.45) is 62.5. The van der Waals surface area contributed by atoms with Crippen LogP contribution < -0.4 is 0 Å². The maximum absolute atomic E-state index is 13.1. The van der Waals surface area contributed by atoms with Crippen molar-refractivity contribution in [3.8, 4) is 0 Å². The fourth-order valence-electron chi connectivity index (χ4n) is 13.1. The Balaban J connectivity index is 5.23. The standard InChI is InChI=1S/C85H166O17P2/c1-9-77(7)63-55-47-39-31-25-21-17-13-11-12-14-18-23-27-34-42-51-59-67-84(89)101-80(71-95-82(87)65-57-49-41-33-26-22-19-15-16-20-24-30-37-45-53-61-75(3)4)73-99-103(91,92)97-69-79(86)70-98-104(93,94)100-74-81(72-96-83(88)66-58-50-44-36-38-46-54-62-76(5)6)102-85(90)68-60-52-43-35-29-28-32-40-48-56-64-78(8)10-2/h75-81,86H,9-74H2,1-8H3,(H,91,92)(H,93,94)/t77?,78?,79?,80-,81-/m1/s1. The van der Waals surface area contributed by atoms with Crippen molar-refractivity contribution in [1.82, 2.24) is 0 Å². The van der Waals surface area contributed by atoms with E-state index in [-0.39, 0.29) is 25.7 Å². The molecule has 0 aromatic rings. The highest BCUT2D eigenvalue weighted by Crippen LogP contribution is 2.45. The minimum absolute atomic E-state index is 0.105. The molecule has 0 radical (unpaired) electrons. The van der Waals surface area contributed by atoms with Gasteiger partial charge in [0.15, 0.2) is 12.2 Å². The molecule has 0 bridgehead atoms. The van der Waals surface area contributed by atoms with Crippen molar-refractivity contribution in [2.75, 3.05) is 39.6 Å². The first-order valence-electron chi connectivity index (χ1n) is 43.8. The predicted octanol–water partition coefficient (Wildman–Crippen LogP) is 25.6. The van der Waals surface area contributed by atoms with Gasteiger partial charge in [0.1, 0.15) is 19.3 Å². The SMILES string of the molecule is CCC(C)CCCCCCCCCCCCCCCCCCCCC(=O)O[C@H](COC(=O)CCCCCCCCCCCCCCCCCC(C)C)COP(=O)(O)OCC(O)COP(=O)(O)OC[C@@H](COC(=O)CCCCCCCCCC(C)C)OC(=O)CCCCCCCCCCCCC(C)CC. The molecule has 19 heteroatoms. The molecule has 17 nitrogen and oxygen atoms in total. The molecule has 0 heterocycles. The quantitative estimate of drug-likeness (QED) is 0.0222. The zero-order chi connectivity index (χ0) is 76.7. The van der Waals surface area contributed by atoms with Crippen LogP contribution in [0.15, 0.2) is 0 Å². The van der Waals surface area contributed by atoms with Gasteiger partial charge in [-0.15, -0.1) is 0 Å². The summed E-state index contributed by atoms with van der Waals surface area (Å²) in [4.78, 5) is 73.1. The third-order valence-corrected chi connectivity index (χ3v) is 22.4. The van der Waals surface area contributed by atoms with Crippen LogP contribution in [-0.2, 0) is 65.4 Å². The minimum atomic E-state index is -4.97. The Kier molecular flexibility index (Phi) is 72.5. The van der Waals surface area contributed by atoms with E-state index < -0.39 is 97.5 Å². The number of aliphatic hydroxyl groups is 1. The van der Waals surface area contributed by atoms with Crippen molar-refractivity contribution in [1.29, 1.82) is 0 Å². The number of esters is 4. The van der Waals surface area contributed by atoms with Gasteiger partial charge in [0, 0.05) is 25.7 Å². The molecule has 0 aliphatic carbocycles. The highest BCUT2D eigenvalue weighted by atomic mass is 31.2. The smallest absolute Gasteiger partial charge is 0.462 e. The van der Waals surface area contributed by atoms with Crippen molar-refractivity contribution in [2.24, 2.45) is 23.7 Å². The van der Waals surface area contributed by atoms with Gasteiger partial charge in [0.05, 0.1) is 26.4 Å². The summed E-state index contributed by atoms with van der Waals surface area (Å²) in [5, 5.41) is 10.7. The molecule has 0 spiro atoms. The lowest BCUT2D eigenvalue weighted by atomic mass is 9.99. The number of carbonyl (C=O) groups excluding carboxylic acids is 4. The molecule has 104 heavy (non-hydrogen) atoms. The molecule has 0 saturated heterocycles. The molecule has 0 aliphatic rings. The molecule has 7 atom stereocenters. The van der Waals surface area contributed by atoms with Crippen LogP contribution in [0, 0.1) is 23.7 Å². The monoisotopic (exact) mass is 1520 g/mol. The fraction of sp³-hybridized carbons (Fsp3) is 0.953. The molecule has 0 aromatic heterocycles. The van der Waals surface area contributed by atoms with Gasteiger partial charge >= 0.3 is 39.5 Å². The molecule has 618 valence electrons. The van der Waals surface area contributed by atoms with Crippen LogP contribution >= 0.6 is 15.6 Å². The van der Waals surface area contributed by atoms with Gasteiger partial charge < -0.3 is 33.8 Å². The Hall–Kier alpha value is -1.94. The van der Waals surface area contributed by atoms with Crippen molar-refractivity contribution < 1.29 is 80.2 Å². The number of unbranched alkanes of at least 4 members (excludes halogenated alkanes) is 46. The largest absolute Gasteiger partial charge is 0.472 e. The second-order valence-electron chi connectivity index (χ2n) is 32.0. The highest BCUT2D eigenvalue weighted by Gasteiger charge is 2.30. The summed E-state index contributed by atoms with van der Waals surface area (Å²) in [5.41, 5.74) is 0. The first kappa shape index (κ1) is 102. The number of phosphoric ester groups is 2. The van der Waals surface area contributed by atoms with E-state index in [1.54, 1.807) is 0 Å². The van der Waals surface area contributed by atoms with Gasteiger partial charge in [0.25, 0.3) is 0 Å². The normalized spacial score (nSPS) is 14.5. The Morgan fingerprint density at radius 1 is 0.269 bits per heavy atom. The molecule has 0 saturated carbocycles. The Morgan fingerprint density at radius 3 is 0.683 bits per heavy atom. The lowest BCUT2D eigenvalue weighted by Gasteiger charge is -2.21. The second-order valence-corrected chi connectivity index (χ2v) is 34.9. The molecular formula is C85H166O17P2. The molecule has 0 amide bonds. The molecule has 0 rings (SSSR count). The van der Waals surface area contributed by atoms with E-state index in [9.17, 15) is 43.2 Å². The molecule has 3 N–H and O–H groups in total. The van der Waals surface area contributed by atoms with E-state index in [2.05, 4.69) is 55.4 Å². The minimum Gasteiger partial charge on any atom is -0.462 e. The summed E-state index contributed by atoms with van der Waals surface area (Å²) in [6.45, 7) is 14.3.